The topological polar surface area (TPSA) is 63.7 Å². The molecule has 0 aliphatic carbocycles. The molecule has 1 aromatic carbocycles. The second-order valence-electron chi connectivity index (χ2n) is 5.56. The lowest BCUT2D eigenvalue weighted by atomic mass is 10.1. The van der Waals surface area contributed by atoms with Gasteiger partial charge in [-0.3, -0.25) is 9.78 Å². The van der Waals surface area contributed by atoms with Gasteiger partial charge in [-0.15, -0.1) is 12.4 Å². The van der Waals surface area contributed by atoms with Crippen molar-refractivity contribution in [3.63, 3.8) is 0 Å². The number of rotatable bonds is 5. The summed E-state index contributed by atoms with van der Waals surface area (Å²) >= 11 is 0. The standard InChI is InChI=1S/C18H21N3O3.ClH/c1-23-15-4-6-16(7-5-15)24-13-18(22)21-10-9-20-12-17(21)14-3-2-8-19-11-14;/h2-8,11,17,20H,9-10,12-13H2,1H3;1H. The molecule has 0 radical (unpaired) electrons. The van der Waals surface area contributed by atoms with Crippen molar-refractivity contribution in [3.8, 4) is 11.5 Å². The summed E-state index contributed by atoms with van der Waals surface area (Å²) in [6, 6.07) is 11.1. The molecule has 0 spiro atoms. The van der Waals surface area contributed by atoms with Crippen LogP contribution in [0.3, 0.4) is 0 Å². The molecule has 6 nitrogen and oxygen atoms in total. The molecular formula is C18H22ClN3O3. The number of pyridine rings is 1. The molecule has 2 aromatic rings. The zero-order chi connectivity index (χ0) is 16.8. The lowest BCUT2D eigenvalue weighted by Gasteiger charge is -2.36. The van der Waals surface area contributed by atoms with E-state index in [2.05, 4.69) is 10.3 Å². The number of carbonyl (C=O) groups is 1. The van der Waals surface area contributed by atoms with Gasteiger partial charge >= 0.3 is 0 Å². The van der Waals surface area contributed by atoms with E-state index in [9.17, 15) is 4.79 Å². The molecule has 2 heterocycles. The molecule has 1 saturated heterocycles. The van der Waals surface area contributed by atoms with Crippen molar-refractivity contribution in [2.75, 3.05) is 33.4 Å². The number of methoxy groups -OCH3 is 1. The molecule has 1 aromatic heterocycles. The molecule has 1 N–H and O–H groups in total. The summed E-state index contributed by atoms with van der Waals surface area (Å²) in [5.41, 5.74) is 1.03. The van der Waals surface area contributed by atoms with E-state index in [-0.39, 0.29) is 31.0 Å². The number of hydrogen-bond donors (Lipinski definition) is 1. The van der Waals surface area contributed by atoms with Crippen molar-refractivity contribution in [2.45, 2.75) is 6.04 Å². The maximum Gasteiger partial charge on any atom is 0.261 e. The van der Waals surface area contributed by atoms with Gasteiger partial charge in [0.1, 0.15) is 11.5 Å². The van der Waals surface area contributed by atoms with Gasteiger partial charge in [0.05, 0.1) is 13.2 Å². The van der Waals surface area contributed by atoms with E-state index in [0.717, 1.165) is 24.4 Å². The van der Waals surface area contributed by atoms with Crippen LogP contribution < -0.4 is 14.8 Å². The van der Waals surface area contributed by atoms with Crippen molar-refractivity contribution in [2.24, 2.45) is 0 Å². The van der Waals surface area contributed by atoms with Gasteiger partial charge in [0.25, 0.3) is 5.91 Å². The molecule has 1 aliphatic rings. The highest BCUT2D eigenvalue weighted by Crippen LogP contribution is 2.22. The van der Waals surface area contributed by atoms with Crippen molar-refractivity contribution in [1.29, 1.82) is 0 Å². The molecule has 0 saturated carbocycles. The van der Waals surface area contributed by atoms with Crippen molar-refractivity contribution >= 4 is 18.3 Å². The maximum absolute atomic E-state index is 12.6. The van der Waals surface area contributed by atoms with E-state index in [1.807, 2.05) is 35.4 Å². The van der Waals surface area contributed by atoms with Gasteiger partial charge in [0.15, 0.2) is 6.61 Å². The Morgan fingerprint density at radius 3 is 2.72 bits per heavy atom. The largest absolute Gasteiger partial charge is 0.497 e. The van der Waals surface area contributed by atoms with Crippen LogP contribution in [0.2, 0.25) is 0 Å². The molecule has 3 rings (SSSR count). The van der Waals surface area contributed by atoms with Gasteiger partial charge in [-0.2, -0.15) is 0 Å². The first kappa shape index (κ1) is 19.0. The average molecular weight is 364 g/mol. The number of amides is 1. The Kier molecular flexibility index (Phi) is 7.03. The first-order chi connectivity index (χ1) is 11.8. The summed E-state index contributed by atoms with van der Waals surface area (Å²) in [6.45, 7) is 2.18. The summed E-state index contributed by atoms with van der Waals surface area (Å²) in [4.78, 5) is 18.6. The number of nitrogens with one attached hydrogen (secondary N) is 1. The Morgan fingerprint density at radius 1 is 1.28 bits per heavy atom. The highest BCUT2D eigenvalue weighted by Gasteiger charge is 2.28. The summed E-state index contributed by atoms with van der Waals surface area (Å²) in [7, 11) is 1.61. The van der Waals surface area contributed by atoms with Crippen LogP contribution in [-0.4, -0.2) is 49.1 Å². The second-order valence-corrected chi connectivity index (χ2v) is 5.56. The number of nitrogens with zero attached hydrogens (tertiary/aromatic N) is 2. The van der Waals surface area contributed by atoms with Crippen LogP contribution in [0.1, 0.15) is 11.6 Å². The van der Waals surface area contributed by atoms with Crippen LogP contribution in [-0.2, 0) is 4.79 Å². The minimum Gasteiger partial charge on any atom is -0.497 e. The SMILES string of the molecule is COc1ccc(OCC(=O)N2CCNCC2c2cccnc2)cc1.Cl. The molecule has 7 heteroatoms. The normalized spacial score (nSPS) is 16.7. The van der Waals surface area contributed by atoms with Crippen LogP contribution >= 0.6 is 12.4 Å². The van der Waals surface area contributed by atoms with Gasteiger partial charge in [-0.1, -0.05) is 6.07 Å². The van der Waals surface area contributed by atoms with E-state index in [0.29, 0.717) is 12.3 Å². The highest BCUT2D eigenvalue weighted by molar-refractivity contribution is 5.85. The monoisotopic (exact) mass is 363 g/mol. The first-order valence-corrected chi connectivity index (χ1v) is 7.95. The van der Waals surface area contributed by atoms with Gasteiger partial charge in [0, 0.05) is 32.0 Å². The zero-order valence-electron chi connectivity index (χ0n) is 14.1. The second kappa shape index (κ2) is 9.25. The van der Waals surface area contributed by atoms with Gasteiger partial charge in [-0.25, -0.2) is 0 Å². The molecule has 25 heavy (non-hydrogen) atoms. The van der Waals surface area contributed by atoms with Gasteiger partial charge in [-0.05, 0) is 35.9 Å². The molecule has 1 amide bonds. The van der Waals surface area contributed by atoms with Gasteiger partial charge < -0.3 is 19.7 Å². The third kappa shape index (κ3) is 4.84. The molecule has 1 unspecified atom stereocenters. The van der Waals surface area contributed by atoms with Crippen LogP contribution in [0.4, 0.5) is 0 Å². The van der Waals surface area contributed by atoms with E-state index in [4.69, 9.17) is 9.47 Å². The van der Waals surface area contributed by atoms with E-state index in [1.165, 1.54) is 0 Å². The number of aromatic nitrogens is 1. The van der Waals surface area contributed by atoms with Gasteiger partial charge in [0.2, 0.25) is 0 Å². The summed E-state index contributed by atoms with van der Waals surface area (Å²) in [5, 5.41) is 3.33. The number of hydrogen-bond acceptors (Lipinski definition) is 5. The summed E-state index contributed by atoms with van der Waals surface area (Å²) in [6.07, 6.45) is 3.54. The molecule has 1 atom stereocenters. The fraction of sp³-hybridized carbons (Fsp3) is 0.333. The van der Waals surface area contributed by atoms with E-state index < -0.39 is 0 Å². The zero-order valence-corrected chi connectivity index (χ0v) is 14.9. The Bertz CT molecular complexity index is 667. The Morgan fingerprint density at radius 2 is 2.04 bits per heavy atom. The van der Waals surface area contributed by atoms with Crippen LogP contribution in [0.25, 0.3) is 0 Å². The smallest absolute Gasteiger partial charge is 0.261 e. The van der Waals surface area contributed by atoms with E-state index in [1.54, 1.807) is 25.4 Å². The molecule has 1 aliphatic heterocycles. The lowest BCUT2D eigenvalue weighted by Crippen LogP contribution is -2.50. The summed E-state index contributed by atoms with van der Waals surface area (Å²) < 4.78 is 10.7. The Balaban J connectivity index is 0.00000225. The predicted octanol–water partition coefficient (Wildman–Crippen LogP) is 2.06. The fourth-order valence-corrected chi connectivity index (χ4v) is 2.77. The summed E-state index contributed by atoms with van der Waals surface area (Å²) in [5.74, 6) is 1.38. The molecule has 1 fully saturated rings. The van der Waals surface area contributed by atoms with E-state index >= 15 is 0 Å². The third-order valence-electron chi connectivity index (χ3n) is 4.05. The first-order valence-electron chi connectivity index (χ1n) is 7.95. The number of piperazine rings is 1. The number of carbonyl (C=O) groups excluding carboxylic acids is 1. The van der Waals surface area contributed by atoms with Crippen molar-refractivity contribution < 1.29 is 14.3 Å². The predicted molar refractivity (Wildman–Crippen MR) is 97.3 cm³/mol. The van der Waals surface area contributed by atoms with Crippen LogP contribution in [0.5, 0.6) is 11.5 Å². The van der Waals surface area contributed by atoms with Crippen molar-refractivity contribution in [1.82, 2.24) is 15.2 Å². The Hall–Kier alpha value is -2.31. The lowest BCUT2D eigenvalue weighted by molar-refractivity contribution is -0.136. The van der Waals surface area contributed by atoms with Crippen LogP contribution in [0, 0.1) is 0 Å². The molecular weight excluding hydrogens is 342 g/mol. The molecule has 134 valence electrons. The minimum atomic E-state index is -0.0267. The quantitative estimate of drug-likeness (QED) is 0.881. The van der Waals surface area contributed by atoms with Crippen molar-refractivity contribution in [3.05, 3.63) is 54.4 Å². The molecule has 0 bridgehead atoms. The highest BCUT2D eigenvalue weighted by atomic mass is 35.5. The fourth-order valence-electron chi connectivity index (χ4n) is 2.77. The minimum absolute atomic E-state index is 0. The number of halogens is 1. The number of benzene rings is 1. The maximum atomic E-state index is 12.6. The van der Waals surface area contributed by atoms with Crippen LogP contribution in [0.15, 0.2) is 48.8 Å². The third-order valence-corrected chi connectivity index (χ3v) is 4.05. The average Bonchev–Trinajstić information content (AvgIpc) is 2.67. The Labute approximate surface area is 153 Å². The number of ether oxygens (including phenoxy) is 2.